The van der Waals surface area contributed by atoms with Gasteiger partial charge in [-0.2, -0.15) is 0 Å². The lowest BCUT2D eigenvalue weighted by atomic mass is 9.92. The lowest BCUT2D eigenvalue weighted by Crippen LogP contribution is -2.38. The number of hydrogen-bond acceptors (Lipinski definition) is 5. The number of imidazole rings is 1. The van der Waals surface area contributed by atoms with E-state index in [1.54, 1.807) is 6.33 Å². The van der Waals surface area contributed by atoms with E-state index in [9.17, 15) is 0 Å². The molecule has 3 rings (SSSR count). The Morgan fingerprint density at radius 3 is 2.90 bits per heavy atom. The maximum absolute atomic E-state index is 5.87. The van der Waals surface area contributed by atoms with Crippen molar-refractivity contribution in [1.29, 1.82) is 0 Å². The predicted octanol–water partition coefficient (Wildman–Crippen LogP) is 2.61. The van der Waals surface area contributed by atoms with Gasteiger partial charge in [-0.05, 0) is 26.7 Å². The summed E-state index contributed by atoms with van der Waals surface area (Å²) < 4.78 is 7.91. The first kappa shape index (κ1) is 14.3. The number of aryl methyl sites for hydroxylation is 1. The van der Waals surface area contributed by atoms with E-state index in [-0.39, 0.29) is 6.10 Å². The van der Waals surface area contributed by atoms with Crippen LogP contribution in [-0.2, 0) is 11.3 Å². The Morgan fingerprint density at radius 1 is 1.24 bits per heavy atom. The molecule has 1 fully saturated rings. The number of aromatic nitrogens is 4. The summed E-state index contributed by atoms with van der Waals surface area (Å²) in [5, 5.41) is 3.54. The maximum atomic E-state index is 5.87. The van der Waals surface area contributed by atoms with E-state index in [2.05, 4.69) is 34.1 Å². The van der Waals surface area contributed by atoms with Crippen molar-refractivity contribution in [2.75, 3.05) is 11.9 Å². The van der Waals surface area contributed by atoms with Gasteiger partial charge in [0.25, 0.3) is 0 Å². The number of rotatable bonds is 5. The first-order valence-corrected chi connectivity index (χ1v) is 7.87. The minimum absolute atomic E-state index is 0.266. The lowest BCUT2D eigenvalue weighted by Gasteiger charge is -2.32. The fraction of sp³-hybridized carbons (Fsp3) is 0.667. The highest BCUT2D eigenvalue weighted by Gasteiger charge is 2.26. The quantitative estimate of drug-likeness (QED) is 0.916. The molecule has 0 saturated heterocycles. The van der Waals surface area contributed by atoms with Crippen LogP contribution in [0.4, 0.5) is 5.82 Å². The molecule has 1 saturated carbocycles. The van der Waals surface area contributed by atoms with E-state index in [0.717, 1.165) is 43.0 Å². The molecule has 1 aliphatic carbocycles. The zero-order valence-corrected chi connectivity index (χ0v) is 12.7. The topological polar surface area (TPSA) is 64.9 Å². The number of hydrogen-bond donors (Lipinski definition) is 1. The van der Waals surface area contributed by atoms with Crippen LogP contribution in [0.2, 0.25) is 0 Å². The molecular formula is C15H23N5O. The molecule has 0 aliphatic heterocycles. The third kappa shape index (κ3) is 2.85. The van der Waals surface area contributed by atoms with Gasteiger partial charge in [0.1, 0.15) is 11.8 Å². The number of fused-ring (bicyclic) bond motifs is 1. The summed E-state index contributed by atoms with van der Waals surface area (Å²) in [5.74, 6) is 0.823. The molecule has 6 nitrogen and oxygen atoms in total. The van der Waals surface area contributed by atoms with Crippen LogP contribution in [-0.4, -0.2) is 38.3 Å². The molecule has 0 spiro atoms. The zero-order chi connectivity index (χ0) is 14.7. The van der Waals surface area contributed by atoms with Crippen molar-refractivity contribution >= 4 is 17.0 Å². The Hall–Kier alpha value is -1.69. The van der Waals surface area contributed by atoms with E-state index >= 15 is 0 Å². The first-order chi connectivity index (χ1) is 10.3. The largest absolute Gasteiger partial charge is 0.376 e. The van der Waals surface area contributed by atoms with Gasteiger partial charge in [-0.1, -0.05) is 12.8 Å². The third-order valence-electron chi connectivity index (χ3n) is 4.15. The Kier molecular flexibility index (Phi) is 4.34. The highest BCUT2D eigenvalue weighted by atomic mass is 16.5. The standard InChI is InChI=1S/C15H23N5O/c1-3-20-10-18-13-14(16-9-17-15(13)20)19-11-7-5-6-8-12(11)21-4-2/h9-12H,3-8H2,1-2H3,(H,16,17,19)/t11-,12-/m1/s1. The van der Waals surface area contributed by atoms with Gasteiger partial charge in [-0.25, -0.2) is 15.0 Å². The molecule has 1 aliphatic rings. The molecule has 0 unspecified atom stereocenters. The summed E-state index contributed by atoms with van der Waals surface area (Å²) in [6.45, 7) is 5.75. The number of nitrogens with one attached hydrogen (secondary N) is 1. The fourth-order valence-corrected chi connectivity index (χ4v) is 3.07. The van der Waals surface area contributed by atoms with Gasteiger partial charge >= 0.3 is 0 Å². The molecule has 2 aromatic heterocycles. The van der Waals surface area contributed by atoms with Gasteiger partial charge in [-0.15, -0.1) is 0 Å². The van der Waals surface area contributed by atoms with Crippen LogP contribution in [0.15, 0.2) is 12.7 Å². The van der Waals surface area contributed by atoms with Crippen molar-refractivity contribution in [3.63, 3.8) is 0 Å². The fourth-order valence-electron chi connectivity index (χ4n) is 3.07. The van der Waals surface area contributed by atoms with E-state index in [1.165, 1.54) is 12.8 Å². The summed E-state index contributed by atoms with van der Waals surface area (Å²) in [6.07, 6.45) is 8.41. The molecule has 21 heavy (non-hydrogen) atoms. The molecule has 1 N–H and O–H groups in total. The molecule has 0 bridgehead atoms. The van der Waals surface area contributed by atoms with Crippen LogP contribution >= 0.6 is 0 Å². The molecule has 0 aromatic carbocycles. The Labute approximate surface area is 124 Å². The van der Waals surface area contributed by atoms with Gasteiger partial charge in [0.2, 0.25) is 0 Å². The van der Waals surface area contributed by atoms with Crippen molar-refractivity contribution in [1.82, 2.24) is 19.5 Å². The average molecular weight is 289 g/mol. The van der Waals surface area contributed by atoms with Crippen molar-refractivity contribution < 1.29 is 4.74 Å². The van der Waals surface area contributed by atoms with Crippen LogP contribution in [0.1, 0.15) is 39.5 Å². The Morgan fingerprint density at radius 2 is 2.10 bits per heavy atom. The summed E-state index contributed by atoms with van der Waals surface area (Å²) in [6, 6.07) is 0.309. The van der Waals surface area contributed by atoms with Crippen LogP contribution in [0, 0.1) is 0 Å². The van der Waals surface area contributed by atoms with E-state index < -0.39 is 0 Å². The summed E-state index contributed by atoms with van der Waals surface area (Å²) in [4.78, 5) is 13.2. The number of ether oxygens (including phenoxy) is 1. The van der Waals surface area contributed by atoms with Gasteiger partial charge in [0.05, 0.1) is 18.5 Å². The summed E-state index contributed by atoms with van der Waals surface area (Å²) in [5.41, 5.74) is 1.74. The third-order valence-corrected chi connectivity index (χ3v) is 4.15. The molecule has 0 amide bonds. The monoisotopic (exact) mass is 289 g/mol. The van der Waals surface area contributed by atoms with Crippen molar-refractivity contribution in [3.8, 4) is 0 Å². The van der Waals surface area contributed by atoms with Crippen molar-refractivity contribution in [2.24, 2.45) is 0 Å². The van der Waals surface area contributed by atoms with Gasteiger partial charge < -0.3 is 14.6 Å². The van der Waals surface area contributed by atoms with Crippen LogP contribution < -0.4 is 5.32 Å². The Balaban J connectivity index is 1.85. The second-order valence-electron chi connectivity index (χ2n) is 5.45. The van der Waals surface area contributed by atoms with E-state index in [0.29, 0.717) is 6.04 Å². The van der Waals surface area contributed by atoms with Crippen molar-refractivity contribution in [2.45, 2.75) is 58.2 Å². The van der Waals surface area contributed by atoms with Crippen molar-refractivity contribution in [3.05, 3.63) is 12.7 Å². The predicted molar refractivity (Wildman–Crippen MR) is 82.3 cm³/mol. The van der Waals surface area contributed by atoms with Gasteiger partial charge in [0, 0.05) is 13.2 Å². The Bertz CT molecular complexity index is 595. The van der Waals surface area contributed by atoms with E-state index in [4.69, 9.17) is 4.74 Å². The summed E-state index contributed by atoms with van der Waals surface area (Å²) >= 11 is 0. The molecule has 2 atom stereocenters. The van der Waals surface area contributed by atoms with E-state index in [1.807, 2.05) is 10.9 Å². The smallest absolute Gasteiger partial charge is 0.165 e. The minimum atomic E-state index is 0.266. The molecule has 0 radical (unpaired) electrons. The summed E-state index contributed by atoms with van der Waals surface area (Å²) in [7, 11) is 0. The molecule has 2 heterocycles. The SMILES string of the molecule is CCO[C@@H]1CCCC[C@H]1Nc1ncnc2c1ncn2CC. The maximum Gasteiger partial charge on any atom is 0.165 e. The lowest BCUT2D eigenvalue weighted by molar-refractivity contribution is 0.0280. The highest BCUT2D eigenvalue weighted by Crippen LogP contribution is 2.26. The van der Waals surface area contributed by atoms with Gasteiger partial charge in [0.15, 0.2) is 11.5 Å². The number of nitrogens with zero attached hydrogens (tertiary/aromatic N) is 4. The molecule has 2 aromatic rings. The first-order valence-electron chi connectivity index (χ1n) is 7.87. The zero-order valence-electron chi connectivity index (χ0n) is 12.7. The van der Waals surface area contributed by atoms with Crippen LogP contribution in [0.5, 0.6) is 0 Å². The normalized spacial score (nSPS) is 22.6. The minimum Gasteiger partial charge on any atom is -0.376 e. The highest BCUT2D eigenvalue weighted by molar-refractivity contribution is 5.82. The van der Waals surface area contributed by atoms with Gasteiger partial charge in [-0.3, -0.25) is 0 Å². The molecule has 114 valence electrons. The molecule has 6 heteroatoms. The van der Waals surface area contributed by atoms with Crippen LogP contribution in [0.3, 0.4) is 0 Å². The number of anilines is 1. The second-order valence-corrected chi connectivity index (χ2v) is 5.45. The average Bonchev–Trinajstić information content (AvgIpc) is 2.94. The molecular weight excluding hydrogens is 266 g/mol. The second kappa shape index (κ2) is 6.39. The van der Waals surface area contributed by atoms with Crippen LogP contribution in [0.25, 0.3) is 11.2 Å².